The first-order valence-corrected chi connectivity index (χ1v) is 5.80. The van der Waals surface area contributed by atoms with Crippen molar-refractivity contribution >= 4 is 11.6 Å². The molecule has 1 fully saturated rings. The van der Waals surface area contributed by atoms with E-state index >= 15 is 0 Å². The van der Waals surface area contributed by atoms with Gasteiger partial charge in [0.2, 0.25) is 5.91 Å². The van der Waals surface area contributed by atoms with Gasteiger partial charge in [-0.1, -0.05) is 11.8 Å². The molecule has 88 valence electrons. The highest BCUT2D eigenvalue weighted by Crippen LogP contribution is 2.30. The number of carbonyl (C=O) groups excluding carboxylic acids is 1. The molecule has 0 unspecified atom stereocenters. The van der Waals surface area contributed by atoms with Crippen LogP contribution in [0.4, 0.5) is 5.69 Å². The molecule has 1 saturated carbocycles. The van der Waals surface area contributed by atoms with E-state index in [0.29, 0.717) is 6.42 Å². The number of amides is 1. The van der Waals surface area contributed by atoms with Gasteiger partial charge in [-0.05, 0) is 37.1 Å². The molecule has 0 heterocycles. The van der Waals surface area contributed by atoms with Gasteiger partial charge in [0.25, 0.3) is 0 Å². The Morgan fingerprint density at radius 2 is 2.06 bits per heavy atom. The number of carbonyl (C=O) groups is 1. The number of rotatable bonds is 3. The molecule has 2 N–H and O–H groups in total. The van der Waals surface area contributed by atoms with Gasteiger partial charge in [0, 0.05) is 23.6 Å². The zero-order valence-electron chi connectivity index (χ0n) is 9.57. The monoisotopic (exact) mass is 229 g/mol. The van der Waals surface area contributed by atoms with Crippen molar-refractivity contribution in [3.05, 3.63) is 29.8 Å². The van der Waals surface area contributed by atoms with Gasteiger partial charge in [-0.25, -0.2) is 0 Å². The Morgan fingerprint density at radius 1 is 1.35 bits per heavy atom. The standard InChI is InChI=1S/C14H15NO2/c16-10-2-1-3-11-4-8-13(9-5-11)15-14(17)12-6-7-12/h4-5,8-9,12,16H,2,6-7,10H2,(H,15,17). The van der Waals surface area contributed by atoms with Gasteiger partial charge in [0.05, 0.1) is 6.61 Å². The molecule has 0 radical (unpaired) electrons. The second-order valence-corrected chi connectivity index (χ2v) is 4.12. The summed E-state index contributed by atoms with van der Waals surface area (Å²) in [5.74, 6) is 6.13. The molecule has 0 bridgehead atoms. The van der Waals surface area contributed by atoms with Gasteiger partial charge in [-0.3, -0.25) is 4.79 Å². The molecule has 17 heavy (non-hydrogen) atoms. The molecule has 3 heteroatoms. The lowest BCUT2D eigenvalue weighted by atomic mass is 10.2. The fourth-order valence-electron chi connectivity index (χ4n) is 1.45. The van der Waals surface area contributed by atoms with Gasteiger partial charge in [0.15, 0.2) is 0 Å². The summed E-state index contributed by atoms with van der Waals surface area (Å²) >= 11 is 0. The molecule has 0 saturated heterocycles. The summed E-state index contributed by atoms with van der Waals surface area (Å²) in [4.78, 5) is 11.5. The molecular weight excluding hydrogens is 214 g/mol. The summed E-state index contributed by atoms with van der Waals surface area (Å²) in [6.45, 7) is 0.0858. The van der Waals surface area contributed by atoms with Crippen LogP contribution in [0.15, 0.2) is 24.3 Å². The minimum absolute atomic E-state index is 0.0858. The first-order valence-electron chi connectivity index (χ1n) is 5.80. The molecule has 1 amide bonds. The first-order chi connectivity index (χ1) is 8.29. The van der Waals surface area contributed by atoms with E-state index in [1.54, 1.807) is 0 Å². The second-order valence-electron chi connectivity index (χ2n) is 4.12. The van der Waals surface area contributed by atoms with E-state index < -0.39 is 0 Å². The Bertz CT molecular complexity index is 449. The SMILES string of the molecule is O=C(Nc1ccc(C#CCCO)cc1)C1CC1. The number of benzene rings is 1. The van der Waals surface area contributed by atoms with Crippen LogP contribution in [0.3, 0.4) is 0 Å². The Kier molecular flexibility index (Phi) is 3.79. The lowest BCUT2D eigenvalue weighted by Crippen LogP contribution is -2.12. The van der Waals surface area contributed by atoms with Crippen LogP contribution in [0.5, 0.6) is 0 Å². The summed E-state index contributed by atoms with van der Waals surface area (Å²) in [5.41, 5.74) is 1.71. The molecule has 1 aliphatic rings. The van der Waals surface area contributed by atoms with Crippen molar-refractivity contribution in [2.75, 3.05) is 11.9 Å². The predicted molar refractivity (Wildman–Crippen MR) is 66.4 cm³/mol. The van der Waals surface area contributed by atoms with Crippen molar-refractivity contribution in [1.82, 2.24) is 0 Å². The molecule has 0 aromatic heterocycles. The molecular formula is C14H15NO2. The molecule has 1 aromatic carbocycles. The van der Waals surface area contributed by atoms with Crippen LogP contribution in [-0.4, -0.2) is 17.6 Å². The maximum atomic E-state index is 11.5. The maximum absolute atomic E-state index is 11.5. The minimum Gasteiger partial charge on any atom is -0.395 e. The lowest BCUT2D eigenvalue weighted by molar-refractivity contribution is -0.117. The molecule has 2 rings (SSSR count). The fourth-order valence-corrected chi connectivity index (χ4v) is 1.45. The largest absolute Gasteiger partial charge is 0.395 e. The van der Waals surface area contributed by atoms with Crippen molar-refractivity contribution in [3.63, 3.8) is 0 Å². The number of nitrogens with one attached hydrogen (secondary N) is 1. The molecule has 0 atom stereocenters. The van der Waals surface area contributed by atoms with Gasteiger partial charge >= 0.3 is 0 Å². The average molecular weight is 229 g/mol. The smallest absolute Gasteiger partial charge is 0.227 e. The van der Waals surface area contributed by atoms with Crippen molar-refractivity contribution < 1.29 is 9.90 Å². The van der Waals surface area contributed by atoms with Crippen LogP contribution in [-0.2, 0) is 4.79 Å². The van der Waals surface area contributed by atoms with Crippen molar-refractivity contribution in [2.24, 2.45) is 5.92 Å². The normalized spacial score (nSPS) is 13.7. The summed E-state index contributed by atoms with van der Waals surface area (Å²) < 4.78 is 0. The zero-order chi connectivity index (χ0) is 12.1. The third kappa shape index (κ3) is 3.61. The highest BCUT2D eigenvalue weighted by atomic mass is 16.2. The number of anilines is 1. The Labute approximate surface area is 101 Å². The van der Waals surface area contributed by atoms with Crippen LogP contribution in [0.1, 0.15) is 24.8 Å². The Balaban J connectivity index is 1.93. The minimum atomic E-state index is 0.0858. The van der Waals surface area contributed by atoms with E-state index in [-0.39, 0.29) is 18.4 Å². The van der Waals surface area contributed by atoms with Crippen LogP contribution < -0.4 is 5.32 Å². The van der Waals surface area contributed by atoms with Crippen molar-refractivity contribution in [3.8, 4) is 11.8 Å². The van der Waals surface area contributed by atoms with E-state index in [1.807, 2.05) is 24.3 Å². The lowest BCUT2D eigenvalue weighted by Gasteiger charge is -2.03. The van der Waals surface area contributed by atoms with E-state index in [9.17, 15) is 4.79 Å². The third-order valence-electron chi connectivity index (χ3n) is 2.57. The Morgan fingerprint density at radius 3 is 2.65 bits per heavy atom. The summed E-state index contributed by atoms with van der Waals surface area (Å²) in [7, 11) is 0. The van der Waals surface area contributed by atoms with Crippen LogP contribution in [0, 0.1) is 17.8 Å². The van der Waals surface area contributed by atoms with E-state index in [2.05, 4.69) is 17.2 Å². The summed E-state index contributed by atoms with van der Waals surface area (Å²) in [6, 6.07) is 7.44. The fraction of sp³-hybridized carbons (Fsp3) is 0.357. The molecule has 0 spiro atoms. The molecule has 3 nitrogen and oxygen atoms in total. The van der Waals surface area contributed by atoms with Gasteiger partial charge in [0.1, 0.15) is 0 Å². The zero-order valence-corrected chi connectivity index (χ0v) is 9.57. The van der Waals surface area contributed by atoms with Crippen molar-refractivity contribution in [2.45, 2.75) is 19.3 Å². The van der Waals surface area contributed by atoms with E-state index in [0.717, 1.165) is 24.1 Å². The number of aliphatic hydroxyl groups is 1. The number of hydrogen-bond acceptors (Lipinski definition) is 2. The van der Waals surface area contributed by atoms with E-state index in [4.69, 9.17) is 5.11 Å². The van der Waals surface area contributed by atoms with Crippen LogP contribution >= 0.6 is 0 Å². The molecule has 0 aliphatic heterocycles. The summed E-state index contributed by atoms with van der Waals surface area (Å²) in [6.07, 6.45) is 2.51. The van der Waals surface area contributed by atoms with Gasteiger partial charge < -0.3 is 10.4 Å². The molecule has 1 aromatic rings. The average Bonchev–Trinajstić information content (AvgIpc) is 3.16. The van der Waals surface area contributed by atoms with E-state index in [1.165, 1.54) is 0 Å². The first kappa shape index (κ1) is 11.7. The predicted octanol–water partition coefficient (Wildman–Crippen LogP) is 1.77. The summed E-state index contributed by atoms with van der Waals surface area (Å²) in [5, 5.41) is 11.5. The van der Waals surface area contributed by atoms with Crippen LogP contribution in [0.25, 0.3) is 0 Å². The quantitative estimate of drug-likeness (QED) is 0.776. The topological polar surface area (TPSA) is 49.3 Å². The second kappa shape index (κ2) is 5.51. The van der Waals surface area contributed by atoms with Gasteiger partial charge in [-0.2, -0.15) is 0 Å². The Hall–Kier alpha value is -1.79. The third-order valence-corrected chi connectivity index (χ3v) is 2.57. The highest BCUT2D eigenvalue weighted by molar-refractivity contribution is 5.94. The number of aliphatic hydroxyl groups excluding tert-OH is 1. The highest BCUT2D eigenvalue weighted by Gasteiger charge is 2.29. The van der Waals surface area contributed by atoms with Crippen LogP contribution in [0.2, 0.25) is 0 Å². The maximum Gasteiger partial charge on any atom is 0.227 e. The van der Waals surface area contributed by atoms with Gasteiger partial charge in [-0.15, -0.1) is 0 Å². The van der Waals surface area contributed by atoms with Crippen molar-refractivity contribution in [1.29, 1.82) is 0 Å². The molecule has 1 aliphatic carbocycles. The number of hydrogen-bond donors (Lipinski definition) is 2.